The largest absolute Gasteiger partial charge is 0.495 e. The normalized spacial score (nSPS) is 10.4. The van der Waals surface area contributed by atoms with Gasteiger partial charge in [-0.05, 0) is 61.4 Å². The van der Waals surface area contributed by atoms with Crippen molar-refractivity contribution in [2.24, 2.45) is 0 Å². The summed E-state index contributed by atoms with van der Waals surface area (Å²) in [5.41, 5.74) is 3.58. The predicted octanol–water partition coefficient (Wildman–Crippen LogP) is 5.69. The quantitative estimate of drug-likeness (QED) is 0.412. The van der Waals surface area contributed by atoms with Crippen LogP contribution < -0.4 is 24.8 Å². The summed E-state index contributed by atoms with van der Waals surface area (Å²) >= 11 is 6.19. The highest BCUT2D eigenvalue weighted by Crippen LogP contribution is 2.30. The minimum Gasteiger partial charge on any atom is -0.495 e. The Hall–Kier alpha value is -3.38. The molecule has 0 heterocycles. The molecule has 0 aromatic heterocycles. The number of anilines is 2. The van der Waals surface area contributed by atoms with Crippen LogP contribution in [0.4, 0.5) is 11.4 Å². The molecular formula is C25H27ClN2O4. The highest BCUT2D eigenvalue weighted by molar-refractivity contribution is 6.31. The molecule has 6 nitrogen and oxygen atoms in total. The Labute approximate surface area is 193 Å². The van der Waals surface area contributed by atoms with E-state index in [0.717, 1.165) is 21.8 Å². The average Bonchev–Trinajstić information content (AvgIpc) is 2.80. The van der Waals surface area contributed by atoms with Crippen molar-refractivity contribution in [3.05, 3.63) is 76.8 Å². The molecular weight excluding hydrogens is 428 g/mol. The number of nitrogens with one attached hydrogen (secondary N) is 2. The van der Waals surface area contributed by atoms with Crippen LogP contribution in [0.3, 0.4) is 0 Å². The first kappa shape index (κ1) is 23.3. The third-order valence-electron chi connectivity index (χ3n) is 4.80. The van der Waals surface area contributed by atoms with E-state index < -0.39 is 0 Å². The van der Waals surface area contributed by atoms with Crippen LogP contribution in [-0.4, -0.2) is 26.2 Å². The zero-order valence-corrected chi connectivity index (χ0v) is 19.2. The highest BCUT2D eigenvalue weighted by atomic mass is 35.5. The van der Waals surface area contributed by atoms with Gasteiger partial charge in [0.2, 0.25) is 0 Å². The second-order valence-corrected chi connectivity index (χ2v) is 7.42. The summed E-state index contributed by atoms with van der Waals surface area (Å²) in [6.45, 7) is 4.79. The molecule has 32 heavy (non-hydrogen) atoms. The van der Waals surface area contributed by atoms with E-state index in [-0.39, 0.29) is 12.5 Å². The topological polar surface area (TPSA) is 68.8 Å². The van der Waals surface area contributed by atoms with Crippen molar-refractivity contribution >= 4 is 28.9 Å². The van der Waals surface area contributed by atoms with Gasteiger partial charge in [0, 0.05) is 17.3 Å². The Bertz CT molecular complexity index is 1070. The lowest BCUT2D eigenvalue weighted by molar-refractivity contribution is -0.118. The predicted molar refractivity (Wildman–Crippen MR) is 128 cm³/mol. The van der Waals surface area contributed by atoms with Crippen LogP contribution in [0.15, 0.2) is 60.7 Å². The summed E-state index contributed by atoms with van der Waals surface area (Å²) in [6.07, 6.45) is 0. The third kappa shape index (κ3) is 6.08. The maximum absolute atomic E-state index is 12.4. The lowest BCUT2D eigenvalue weighted by Crippen LogP contribution is -2.20. The van der Waals surface area contributed by atoms with Crippen molar-refractivity contribution in [1.29, 1.82) is 0 Å². The minimum absolute atomic E-state index is 0.155. The molecule has 0 aliphatic carbocycles. The zero-order chi connectivity index (χ0) is 22.9. The van der Waals surface area contributed by atoms with Gasteiger partial charge in [-0.2, -0.15) is 0 Å². The molecule has 0 fully saturated rings. The van der Waals surface area contributed by atoms with E-state index in [1.165, 1.54) is 0 Å². The van der Waals surface area contributed by atoms with Crippen LogP contribution in [0.5, 0.6) is 17.2 Å². The molecule has 3 rings (SSSR count). The first-order valence-corrected chi connectivity index (χ1v) is 10.7. The number of methoxy groups -OCH3 is 1. The van der Waals surface area contributed by atoms with E-state index in [9.17, 15) is 4.79 Å². The standard InChI is InChI=1S/C25H27ClN2O4/c1-4-31-24-14-18(15-27-20-10-7-8-19(26)17(20)2)12-13-23(24)32-16-25(29)28-21-9-5-6-11-22(21)30-3/h5-14,27H,4,15-16H2,1-3H3,(H,28,29). The number of hydrogen-bond donors (Lipinski definition) is 2. The van der Waals surface area contributed by atoms with Crippen LogP contribution in [0, 0.1) is 6.92 Å². The summed E-state index contributed by atoms with van der Waals surface area (Å²) in [5.74, 6) is 1.38. The number of benzene rings is 3. The number of ether oxygens (including phenoxy) is 3. The summed E-state index contributed by atoms with van der Waals surface area (Å²) in [7, 11) is 1.56. The maximum atomic E-state index is 12.4. The number of amides is 1. The van der Waals surface area contributed by atoms with E-state index >= 15 is 0 Å². The molecule has 0 aliphatic heterocycles. The molecule has 7 heteroatoms. The first-order valence-electron chi connectivity index (χ1n) is 10.3. The average molecular weight is 455 g/mol. The van der Waals surface area contributed by atoms with Gasteiger partial charge in [-0.3, -0.25) is 4.79 Å². The highest BCUT2D eigenvalue weighted by Gasteiger charge is 2.12. The van der Waals surface area contributed by atoms with Crippen molar-refractivity contribution in [1.82, 2.24) is 0 Å². The van der Waals surface area contributed by atoms with Crippen LogP contribution >= 0.6 is 11.6 Å². The second-order valence-electron chi connectivity index (χ2n) is 7.02. The number of rotatable bonds is 10. The van der Waals surface area contributed by atoms with Gasteiger partial charge in [-0.15, -0.1) is 0 Å². The van der Waals surface area contributed by atoms with Gasteiger partial charge >= 0.3 is 0 Å². The van der Waals surface area contributed by atoms with Crippen LogP contribution in [0.1, 0.15) is 18.1 Å². The van der Waals surface area contributed by atoms with Gasteiger partial charge in [-0.1, -0.05) is 35.9 Å². The summed E-state index contributed by atoms with van der Waals surface area (Å²) in [6, 6.07) is 18.6. The minimum atomic E-state index is -0.292. The monoisotopic (exact) mass is 454 g/mol. The first-order chi connectivity index (χ1) is 15.5. The molecule has 168 valence electrons. The van der Waals surface area contributed by atoms with E-state index in [0.29, 0.717) is 36.1 Å². The molecule has 1 amide bonds. The number of halogens is 1. The fourth-order valence-corrected chi connectivity index (χ4v) is 3.30. The molecule has 0 aliphatic rings. The second kappa shape index (κ2) is 11.3. The lowest BCUT2D eigenvalue weighted by atomic mass is 10.1. The van der Waals surface area contributed by atoms with Gasteiger partial charge in [0.15, 0.2) is 18.1 Å². The van der Waals surface area contributed by atoms with Gasteiger partial charge in [0.1, 0.15) is 5.75 Å². The van der Waals surface area contributed by atoms with Crippen LogP contribution in [0.2, 0.25) is 5.02 Å². The molecule has 2 N–H and O–H groups in total. The zero-order valence-electron chi connectivity index (χ0n) is 18.4. The molecule has 0 saturated heterocycles. The van der Waals surface area contributed by atoms with Crippen molar-refractivity contribution in [3.63, 3.8) is 0 Å². The number of carbonyl (C=O) groups excluding carboxylic acids is 1. The SMILES string of the molecule is CCOc1cc(CNc2cccc(Cl)c2C)ccc1OCC(=O)Nc1ccccc1OC. The third-order valence-corrected chi connectivity index (χ3v) is 5.21. The van der Waals surface area contributed by atoms with Crippen molar-refractivity contribution in [3.8, 4) is 17.2 Å². The Balaban J connectivity index is 1.63. The van der Waals surface area contributed by atoms with E-state index in [2.05, 4.69) is 10.6 Å². The lowest BCUT2D eigenvalue weighted by Gasteiger charge is -2.15. The Morgan fingerprint density at radius 1 is 0.938 bits per heavy atom. The smallest absolute Gasteiger partial charge is 0.262 e. The summed E-state index contributed by atoms with van der Waals surface area (Å²) in [4.78, 5) is 12.4. The van der Waals surface area contributed by atoms with Crippen molar-refractivity contribution in [2.45, 2.75) is 20.4 Å². The van der Waals surface area contributed by atoms with Gasteiger partial charge in [0.25, 0.3) is 5.91 Å². The maximum Gasteiger partial charge on any atom is 0.262 e. The molecule has 0 spiro atoms. The molecule has 0 saturated carbocycles. The fraction of sp³-hybridized carbons (Fsp3) is 0.240. The fourth-order valence-electron chi connectivity index (χ4n) is 3.12. The molecule has 0 unspecified atom stereocenters. The van der Waals surface area contributed by atoms with E-state index in [1.54, 1.807) is 19.2 Å². The van der Waals surface area contributed by atoms with Crippen LogP contribution in [-0.2, 0) is 11.3 Å². The summed E-state index contributed by atoms with van der Waals surface area (Å²) < 4.78 is 16.7. The number of para-hydroxylation sites is 2. The number of carbonyl (C=O) groups is 1. The van der Waals surface area contributed by atoms with Crippen molar-refractivity contribution in [2.75, 3.05) is 31.0 Å². The van der Waals surface area contributed by atoms with Crippen molar-refractivity contribution < 1.29 is 19.0 Å². The molecule has 0 radical (unpaired) electrons. The molecule has 3 aromatic carbocycles. The van der Waals surface area contributed by atoms with E-state index in [1.807, 2.05) is 62.4 Å². The molecule has 0 atom stereocenters. The van der Waals surface area contributed by atoms with Gasteiger partial charge in [0.05, 0.1) is 19.4 Å². The Morgan fingerprint density at radius 2 is 1.72 bits per heavy atom. The number of hydrogen-bond acceptors (Lipinski definition) is 5. The summed E-state index contributed by atoms with van der Waals surface area (Å²) in [5, 5.41) is 6.91. The van der Waals surface area contributed by atoms with Gasteiger partial charge < -0.3 is 24.8 Å². The van der Waals surface area contributed by atoms with Gasteiger partial charge in [-0.25, -0.2) is 0 Å². The van der Waals surface area contributed by atoms with Crippen LogP contribution in [0.25, 0.3) is 0 Å². The molecule has 0 bridgehead atoms. The Morgan fingerprint density at radius 3 is 2.50 bits per heavy atom. The van der Waals surface area contributed by atoms with E-state index in [4.69, 9.17) is 25.8 Å². The molecule has 3 aromatic rings. The Kier molecular flexibility index (Phi) is 8.22.